The van der Waals surface area contributed by atoms with E-state index in [1.807, 2.05) is 0 Å². The third-order valence-corrected chi connectivity index (χ3v) is 6.63. The summed E-state index contributed by atoms with van der Waals surface area (Å²) in [6.07, 6.45) is 3.25. The number of likely N-dealkylation sites (N-methyl/N-ethyl adjacent to an activating group) is 1. The molecule has 4 rings (SSSR count). The lowest BCUT2D eigenvalue weighted by atomic mass is 10.1. The number of benzene rings is 1. The van der Waals surface area contributed by atoms with Crippen molar-refractivity contribution < 1.29 is 0 Å². The van der Waals surface area contributed by atoms with Crippen LogP contribution in [0.4, 0.5) is 5.82 Å². The third kappa shape index (κ3) is 3.66. The zero-order valence-electron chi connectivity index (χ0n) is 14.4. The first-order chi connectivity index (χ1) is 12.2. The molecular weight excluding hydrogens is 348 g/mol. The highest BCUT2D eigenvalue weighted by Crippen LogP contribution is 2.37. The number of thioether (sulfide) groups is 1. The van der Waals surface area contributed by atoms with Crippen LogP contribution in [0.3, 0.4) is 0 Å². The second-order valence-electron chi connectivity index (χ2n) is 6.50. The van der Waals surface area contributed by atoms with E-state index in [0.717, 1.165) is 53.5 Å². The number of rotatable bonds is 5. The molecule has 0 spiro atoms. The number of fused-ring (bicyclic) bond motifs is 3. The Labute approximate surface area is 156 Å². The largest absolute Gasteiger partial charge is 0.383 e. The van der Waals surface area contributed by atoms with Gasteiger partial charge in [0, 0.05) is 23.7 Å². The number of aromatic nitrogens is 2. The molecule has 1 aromatic carbocycles. The zero-order chi connectivity index (χ0) is 17.2. The summed E-state index contributed by atoms with van der Waals surface area (Å²) in [5.74, 6) is 1.66. The second kappa shape index (κ2) is 7.32. The van der Waals surface area contributed by atoms with Crippen molar-refractivity contribution in [3.63, 3.8) is 0 Å². The van der Waals surface area contributed by atoms with Gasteiger partial charge in [-0.3, -0.25) is 0 Å². The van der Waals surface area contributed by atoms with Crippen LogP contribution < -0.4 is 5.73 Å². The number of aryl methyl sites for hydroxylation is 1. The quantitative estimate of drug-likeness (QED) is 0.418. The van der Waals surface area contributed by atoms with Gasteiger partial charge in [0.25, 0.3) is 0 Å². The van der Waals surface area contributed by atoms with E-state index in [1.54, 1.807) is 23.1 Å². The number of anilines is 1. The third-order valence-electron chi connectivity index (χ3n) is 4.58. The molecule has 0 fully saturated rings. The molecule has 130 valence electrons. The molecule has 0 atom stereocenters. The van der Waals surface area contributed by atoms with Crippen molar-refractivity contribution >= 4 is 39.1 Å². The number of nitrogen functional groups attached to an aromatic ring is 1. The molecule has 3 aromatic rings. The Morgan fingerprint density at radius 1 is 1.24 bits per heavy atom. The lowest BCUT2D eigenvalue weighted by Crippen LogP contribution is -2.25. The van der Waals surface area contributed by atoms with Gasteiger partial charge >= 0.3 is 0 Å². The van der Waals surface area contributed by atoms with Crippen molar-refractivity contribution in [2.45, 2.75) is 31.0 Å². The summed E-state index contributed by atoms with van der Waals surface area (Å²) in [4.78, 5) is 14.2. The summed E-state index contributed by atoms with van der Waals surface area (Å²) in [6, 6.07) is 10.6. The topological polar surface area (TPSA) is 55.0 Å². The molecule has 3 heterocycles. The highest BCUT2D eigenvalue weighted by atomic mass is 32.2. The van der Waals surface area contributed by atoms with Crippen molar-refractivity contribution in [2.24, 2.45) is 0 Å². The molecule has 1 aliphatic heterocycles. The van der Waals surface area contributed by atoms with Crippen LogP contribution in [0.5, 0.6) is 0 Å². The van der Waals surface area contributed by atoms with Gasteiger partial charge < -0.3 is 10.6 Å². The molecule has 4 nitrogen and oxygen atoms in total. The predicted molar refractivity (Wildman–Crippen MR) is 107 cm³/mol. The van der Waals surface area contributed by atoms with Crippen molar-refractivity contribution in [3.05, 3.63) is 46.3 Å². The van der Waals surface area contributed by atoms with Crippen LogP contribution in [-0.2, 0) is 19.4 Å². The molecule has 25 heavy (non-hydrogen) atoms. The highest BCUT2D eigenvalue weighted by Gasteiger charge is 2.22. The normalized spacial score (nSPS) is 14.8. The number of hydrogen-bond acceptors (Lipinski definition) is 6. The number of nitrogens with two attached hydrogens (primary N) is 1. The van der Waals surface area contributed by atoms with Gasteiger partial charge in [-0.2, -0.15) is 0 Å². The van der Waals surface area contributed by atoms with Crippen molar-refractivity contribution in [2.75, 3.05) is 25.1 Å². The van der Waals surface area contributed by atoms with Gasteiger partial charge in [0.15, 0.2) is 5.16 Å². The SMILES string of the molecule is CN1CCc2c(sc3nc(SCCCc4ccccc4)nc(N)c23)C1. The van der Waals surface area contributed by atoms with Crippen molar-refractivity contribution in [1.29, 1.82) is 0 Å². The van der Waals surface area contributed by atoms with Crippen LogP contribution in [0.2, 0.25) is 0 Å². The van der Waals surface area contributed by atoms with Crippen molar-refractivity contribution in [3.8, 4) is 0 Å². The number of hydrogen-bond donors (Lipinski definition) is 1. The van der Waals surface area contributed by atoms with E-state index in [1.165, 1.54) is 16.0 Å². The maximum Gasteiger partial charge on any atom is 0.190 e. The second-order valence-corrected chi connectivity index (χ2v) is 8.65. The number of thiophene rings is 1. The Morgan fingerprint density at radius 2 is 2.08 bits per heavy atom. The lowest BCUT2D eigenvalue weighted by Gasteiger charge is -2.22. The van der Waals surface area contributed by atoms with Crippen LogP contribution >= 0.6 is 23.1 Å². The lowest BCUT2D eigenvalue weighted by molar-refractivity contribution is 0.318. The highest BCUT2D eigenvalue weighted by molar-refractivity contribution is 7.99. The Bertz CT molecular complexity index is 876. The summed E-state index contributed by atoms with van der Waals surface area (Å²) >= 11 is 3.49. The predicted octanol–water partition coefficient (Wildman–Crippen LogP) is 3.99. The summed E-state index contributed by atoms with van der Waals surface area (Å²) in [5.41, 5.74) is 9.04. The zero-order valence-corrected chi connectivity index (χ0v) is 16.0. The number of nitrogens with zero attached hydrogens (tertiary/aromatic N) is 3. The van der Waals surface area contributed by atoms with E-state index >= 15 is 0 Å². The van der Waals surface area contributed by atoms with Gasteiger partial charge in [-0.15, -0.1) is 11.3 Å². The maximum absolute atomic E-state index is 6.28. The molecule has 0 unspecified atom stereocenters. The maximum atomic E-state index is 6.28. The summed E-state index contributed by atoms with van der Waals surface area (Å²) in [6.45, 7) is 2.07. The van der Waals surface area contributed by atoms with E-state index in [4.69, 9.17) is 10.7 Å². The molecular formula is C19H22N4S2. The van der Waals surface area contributed by atoms with E-state index in [0.29, 0.717) is 5.82 Å². The van der Waals surface area contributed by atoms with E-state index < -0.39 is 0 Å². The minimum Gasteiger partial charge on any atom is -0.383 e. The molecule has 2 aromatic heterocycles. The van der Waals surface area contributed by atoms with E-state index in [2.05, 4.69) is 47.3 Å². The minimum atomic E-state index is 0.651. The molecule has 6 heteroatoms. The Hall–Kier alpha value is -1.63. The van der Waals surface area contributed by atoms with Crippen molar-refractivity contribution in [1.82, 2.24) is 14.9 Å². The van der Waals surface area contributed by atoms with Gasteiger partial charge in [0.2, 0.25) is 0 Å². The first kappa shape index (κ1) is 16.8. The monoisotopic (exact) mass is 370 g/mol. The molecule has 0 radical (unpaired) electrons. The van der Waals surface area contributed by atoms with Gasteiger partial charge in [0.1, 0.15) is 10.6 Å². The summed E-state index contributed by atoms with van der Waals surface area (Å²) < 4.78 is 0. The molecule has 2 N–H and O–H groups in total. The van der Waals surface area contributed by atoms with Crippen LogP contribution in [0.15, 0.2) is 35.5 Å². The van der Waals surface area contributed by atoms with E-state index in [9.17, 15) is 0 Å². The van der Waals surface area contributed by atoms with Gasteiger partial charge in [-0.05, 0) is 37.4 Å². The van der Waals surface area contributed by atoms with Gasteiger partial charge in [-0.25, -0.2) is 9.97 Å². The summed E-state index contributed by atoms with van der Waals surface area (Å²) in [7, 11) is 2.16. The molecule has 0 aliphatic carbocycles. The van der Waals surface area contributed by atoms with E-state index in [-0.39, 0.29) is 0 Å². The molecule has 0 saturated carbocycles. The fourth-order valence-electron chi connectivity index (χ4n) is 3.28. The Kier molecular flexibility index (Phi) is 4.92. The average Bonchev–Trinajstić information content (AvgIpc) is 2.97. The Balaban J connectivity index is 1.46. The first-order valence-corrected chi connectivity index (χ1v) is 10.4. The fraction of sp³-hybridized carbons (Fsp3) is 0.368. The van der Waals surface area contributed by atoms with Crippen LogP contribution in [0.25, 0.3) is 10.2 Å². The molecule has 0 saturated heterocycles. The van der Waals surface area contributed by atoms with Crippen LogP contribution in [-0.4, -0.2) is 34.2 Å². The standard InChI is InChI=1S/C19H22N4S2/c1-23-10-9-14-15(12-23)25-18-16(14)17(20)21-19(22-18)24-11-5-8-13-6-3-2-4-7-13/h2-4,6-7H,5,8-12H2,1H3,(H2,20,21,22). The molecule has 1 aliphatic rings. The average molecular weight is 371 g/mol. The van der Waals surface area contributed by atoms with Gasteiger partial charge in [0.05, 0.1) is 5.39 Å². The molecule has 0 bridgehead atoms. The van der Waals surface area contributed by atoms with Crippen LogP contribution in [0.1, 0.15) is 22.4 Å². The fourth-order valence-corrected chi connectivity index (χ4v) is 5.43. The summed E-state index contributed by atoms with van der Waals surface area (Å²) in [5, 5.41) is 1.91. The molecule has 0 amide bonds. The first-order valence-electron chi connectivity index (χ1n) is 8.64. The van der Waals surface area contributed by atoms with Crippen LogP contribution in [0, 0.1) is 0 Å². The smallest absolute Gasteiger partial charge is 0.190 e. The Morgan fingerprint density at radius 3 is 2.92 bits per heavy atom. The minimum absolute atomic E-state index is 0.651. The van der Waals surface area contributed by atoms with Gasteiger partial charge in [-0.1, -0.05) is 42.1 Å².